The van der Waals surface area contributed by atoms with Crippen LogP contribution < -0.4 is 0 Å². The van der Waals surface area contributed by atoms with Gasteiger partial charge in [0.2, 0.25) is 0 Å². The highest BCUT2D eigenvalue weighted by atomic mass is 35.5. The number of thiazole rings is 1. The Balaban J connectivity index is 2.32. The minimum Gasteiger partial charge on any atom is -0.383 e. The minimum atomic E-state index is 0.0426. The van der Waals surface area contributed by atoms with Crippen LogP contribution in [0.1, 0.15) is 10.7 Å². The van der Waals surface area contributed by atoms with E-state index in [1.807, 2.05) is 14.0 Å². The molecular weight excluding hydrogens is 232 g/mol. The minimum absolute atomic E-state index is 0.0426. The van der Waals surface area contributed by atoms with Crippen LogP contribution in [0.5, 0.6) is 0 Å². The zero-order valence-electron chi connectivity index (χ0n) is 9.36. The van der Waals surface area contributed by atoms with Gasteiger partial charge in [0.1, 0.15) is 5.01 Å². The molecule has 3 nitrogen and oxygen atoms in total. The van der Waals surface area contributed by atoms with Crippen LogP contribution >= 0.6 is 22.9 Å². The number of methoxy groups -OCH3 is 1. The molecular formula is C10H17ClN2OS. The molecule has 1 unspecified atom stereocenters. The lowest BCUT2D eigenvalue weighted by Crippen LogP contribution is -2.28. The average molecular weight is 249 g/mol. The van der Waals surface area contributed by atoms with Crippen molar-refractivity contribution < 1.29 is 4.74 Å². The third kappa shape index (κ3) is 4.93. The quantitative estimate of drug-likeness (QED) is 0.722. The van der Waals surface area contributed by atoms with E-state index in [4.69, 9.17) is 16.3 Å². The summed E-state index contributed by atoms with van der Waals surface area (Å²) in [4.78, 5) is 6.57. The van der Waals surface area contributed by atoms with Crippen LogP contribution in [0.3, 0.4) is 0 Å². The Labute approximate surface area is 100 Å². The van der Waals surface area contributed by atoms with Crippen molar-refractivity contribution in [3.8, 4) is 0 Å². The summed E-state index contributed by atoms with van der Waals surface area (Å²) in [5.41, 5.74) is 1.09. The number of hydrogen-bond acceptors (Lipinski definition) is 4. The van der Waals surface area contributed by atoms with Crippen LogP contribution in [0.4, 0.5) is 0 Å². The van der Waals surface area contributed by atoms with Gasteiger partial charge in [0.05, 0.1) is 18.5 Å². The molecule has 1 rings (SSSR count). The fourth-order valence-corrected chi connectivity index (χ4v) is 2.56. The maximum Gasteiger partial charge on any atom is 0.107 e. The maximum absolute atomic E-state index is 6.06. The van der Waals surface area contributed by atoms with E-state index in [-0.39, 0.29) is 5.38 Å². The Bertz CT molecular complexity index is 293. The molecule has 0 saturated carbocycles. The van der Waals surface area contributed by atoms with Gasteiger partial charge in [-0.15, -0.1) is 22.9 Å². The molecule has 5 heteroatoms. The number of ether oxygens (including phenoxy) is 1. The molecule has 0 aliphatic rings. The van der Waals surface area contributed by atoms with Gasteiger partial charge < -0.3 is 4.74 Å². The molecule has 0 fully saturated rings. The third-order valence-corrected chi connectivity index (χ3v) is 3.14. The van der Waals surface area contributed by atoms with E-state index in [1.165, 1.54) is 0 Å². The monoisotopic (exact) mass is 248 g/mol. The van der Waals surface area contributed by atoms with Crippen molar-refractivity contribution in [3.63, 3.8) is 0 Å². The van der Waals surface area contributed by atoms with Gasteiger partial charge in [-0.05, 0) is 14.0 Å². The van der Waals surface area contributed by atoms with E-state index in [1.54, 1.807) is 18.4 Å². The van der Waals surface area contributed by atoms with Crippen LogP contribution in [0, 0.1) is 6.92 Å². The van der Waals surface area contributed by atoms with Gasteiger partial charge in [0, 0.05) is 24.7 Å². The summed E-state index contributed by atoms with van der Waals surface area (Å²) in [6.07, 6.45) is 0. The van der Waals surface area contributed by atoms with E-state index < -0.39 is 0 Å². The molecule has 0 bridgehead atoms. The Morgan fingerprint density at radius 2 is 2.40 bits per heavy atom. The maximum atomic E-state index is 6.06. The van der Waals surface area contributed by atoms with Crippen LogP contribution in [-0.2, 0) is 11.3 Å². The Morgan fingerprint density at radius 3 is 2.93 bits per heavy atom. The summed E-state index contributed by atoms with van der Waals surface area (Å²) in [5, 5.41) is 3.24. The third-order valence-electron chi connectivity index (χ3n) is 1.93. The lowest BCUT2D eigenvalue weighted by molar-refractivity contribution is 0.181. The van der Waals surface area contributed by atoms with Crippen molar-refractivity contribution in [1.82, 2.24) is 9.88 Å². The molecule has 15 heavy (non-hydrogen) atoms. The second-order valence-electron chi connectivity index (χ2n) is 3.63. The highest BCUT2D eigenvalue weighted by Gasteiger charge is 2.09. The lowest BCUT2D eigenvalue weighted by Gasteiger charge is -2.18. The Kier molecular flexibility index (Phi) is 5.53. The largest absolute Gasteiger partial charge is 0.383 e. The zero-order chi connectivity index (χ0) is 11.3. The number of hydrogen-bond donors (Lipinski definition) is 0. The molecule has 0 N–H and O–H groups in total. The first-order valence-corrected chi connectivity index (χ1v) is 6.16. The van der Waals surface area contributed by atoms with Gasteiger partial charge in [-0.2, -0.15) is 0 Å². The first-order chi connectivity index (χ1) is 7.11. The SMILES string of the molecule is COCC(Cl)CN(C)Cc1nc(C)cs1. The molecule has 1 atom stereocenters. The molecule has 0 saturated heterocycles. The summed E-state index contributed by atoms with van der Waals surface area (Å²) in [5.74, 6) is 0. The molecule has 1 heterocycles. The van der Waals surface area contributed by atoms with E-state index in [0.29, 0.717) is 6.61 Å². The summed E-state index contributed by atoms with van der Waals surface area (Å²) < 4.78 is 4.99. The van der Waals surface area contributed by atoms with Gasteiger partial charge in [0.25, 0.3) is 0 Å². The number of aryl methyl sites for hydroxylation is 1. The second kappa shape index (κ2) is 6.43. The molecule has 0 aliphatic heterocycles. The summed E-state index contributed by atoms with van der Waals surface area (Å²) in [6.45, 7) is 4.26. The van der Waals surface area contributed by atoms with Crippen LogP contribution in [0.2, 0.25) is 0 Å². The fraction of sp³-hybridized carbons (Fsp3) is 0.700. The highest BCUT2D eigenvalue weighted by molar-refractivity contribution is 7.09. The summed E-state index contributed by atoms with van der Waals surface area (Å²) in [7, 11) is 3.71. The van der Waals surface area contributed by atoms with Gasteiger partial charge in [-0.25, -0.2) is 4.98 Å². The molecule has 0 radical (unpaired) electrons. The number of halogens is 1. The number of alkyl halides is 1. The molecule has 1 aromatic rings. The smallest absolute Gasteiger partial charge is 0.107 e. The predicted octanol–water partition coefficient (Wildman–Crippen LogP) is 2.14. The van der Waals surface area contributed by atoms with Crippen LogP contribution in [0.25, 0.3) is 0 Å². The molecule has 0 aliphatic carbocycles. The van der Waals surface area contributed by atoms with Gasteiger partial charge in [-0.3, -0.25) is 4.90 Å². The molecule has 0 spiro atoms. The Morgan fingerprint density at radius 1 is 1.67 bits per heavy atom. The van der Waals surface area contributed by atoms with Gasteiger partial charge >= 0.3 is 0 Å². The van der Waals surface area contributed by atoms with Crippen molar-refractivity contribution in [2.45, 2.75) is 18.8 Å². The number of rotatable bonds is 6. The molecule has 1 aromatic heterocycles. The summed E-state index contributed by atoms with van der Waals surface area (Å²) >= 11 is 7.75. The number of aromatic nitrogens is 1. The van der Waals surface area contributed by atoms with E-state index in [0.717, 1.165) is 23.8 Å². The second-order valence-corrected chi connectivity index (χ2v) is 5.19. The van der Waals surface area contributed by atoms with Crippen molar-refractivity contribution in [1.29, 1.82) is 0 Å². The van der Waals surface area contributed by atoms with E-state index >= 15 is 0 Å². The first kappa shape index (κ1) is 12.9. The van der Waals surface area contributed by atoms with Crippen LogP contribution in [0.15, 0.2) is 5.38 Å². The van der Waals surface area contributed by atoms with Crippen molar-refractivity contribution >= 4 is 22.9 Å². The fourth-order valence-electron chi connectivity index (χ4n) is 1.34. The predicted molar refractivity (Wildman–Crippen MR) is 64.7 cm³/mol. The molecule has 0 aromatic carbocycles. The van der Waals surface area contributed by atoms with Crippen molar-refractivity contribution in [3.05, 3.63) is 16.1 Å². The van der Waals surface area contributed by atoms with Crippen molar-refractivity contribution in [2.75, 3.05) is 27.3 Å². The van der Waals surface area contributed by atoms with Crippen LogP contribution in [-0.4, -0.2) is 42.6 Å². The Hall–Kier alpha value is -0.160. The number of nitrogens with zero attached hydrogens (tertiary/aromatic N) is 2. The highest BCUT2D eigenvalue weighted by Crippen LogP contribution is 2.11. The van der Waals surface area contributed by atoms with E-state index in [9.17, 15) is 0 Å². The lowest BCUT2D eigenvalue weighted by atomic mass is 10.4. The molecule has 0 amide bonds. The van der Waals surface area contributed by atoms with Gasteiger partial charge in [0.15, 0.2) is 0 Å². The average Bonchev–Trinajstić information content (AvgIpc) is 2.51. The van der Waals surface area contributed by atoms with Gasteiger partial charge in [-0.1, -0.05) is 0 Å². The topological polar surface area (TPSA) is 25.4 Å². The van der Waals surface area contributed by atoms with E-state index in [2.05, 4.69) is 15.3 Å². The molecule has 86 valence electrons. The standard InChI is InChI=1S/C10H17ClN2OS/c1-8-7-15-10(12-8)5-13(2)4-9(11)6-14-3/h7,9H,4-6H2,1-3H3. The zero-order valence-corrected chi connectivity index (χ0v) is 10.9. The summed E-state index contributed by atoms with van der Waals surface area (Å²) in [6, 6.07) is 0. The normalized spacial score (nSPS) is 13.4. The van der Waals surface area contributed by atoms with Crippen molar-refractivity contribution in [2.24, 2.45) is 0 Å². The first-order valence-electron chi connectivity index (χ1n) is 4.84.